The fourth-order valence-corrected chi connectivity index (χ4v) is 8.27. The monoisotopic (exact) mass is 562 g/mol. The van der Waals surface area contributed by atoms with Crippen LogP contribution < -0.4 is 5.32 Å². The van der Waals surface area contributed by atoms with Gasteiger partial charge in [-0.3, -0.25) is 9.80 Å². The summed E-state index contributed by atoms with van der Waals surface area (Å²) >= 11 is 0. The minimum absolute atomic E-state index is 0.0958. The van der Waals surface area contributed by atoms with Gasteiger partial charge in [-0.1, -0.05) is 44.7 Å². The molecule has 0 bridgehead atoms. The largest absolute Gasteiger partial charge is 0.328 e. The van der Waals surface area contributed by atoms with E-state index in [2.05, 4.69) is 35.9 Å². The lowest BCUT2D eigenvalue weighted by molar-refractivity contribution is -0.0976. The number of alkyl halides is 2. The second-order valence-electron chi connectivity index (χ2n) is 13.6. The Kier molecular flexibility index (Phi) is 8.78. The minimum Gasteiger partial charge on any atom is -0.328 e. The smallest absolute Gasteiger partial charge is 0.317 e. The number of aryl methyl sites for hydroxylation is 1. The molecule has 2 heterocycles. The first kappa shape index (κ1) is 29.7. The third-order valence-electron chi connectivity index (χ3n) is 10.8. The van der Waals surface area contributed by atoms with Crippen molar-refractivity contribution in [3.63, 3.8) is 0 Å². The van der Waals surface area contributed by atoms with Gasteiger partial charge >= 0.3 is 6.03 Å². The summed E-state index contributed by atoms with van der Waals surface area (Å²) in [6.45, 7) is 12.5. The molecule has 4 fully saturated rings. The SMILES string of the molecule is Cc1ccc(C2(C)CCN(C(=O)N[C@@H]3[C@@H](N4CCN(C(C)C)CC4)CCCC3(F)F)CC2C2CCCC2)c(F)c1. The minimum atomic E-state index is -2.94. The van der Waals surface area contributed by atoms with E-state index in [4.69, 9.17) is 0 Å². The summed E-state index contributed by atoms with van der Waals surface area (Å²) in [6, 6.07) is 4.02. The molecule has 5 rings (SSSR count). The summed E-state index contributed by atoms with van der Waals surface area (Å²) in [6.07, 6.45) is 6.06. The Balaban J connectivity index is 1.33. The fraction of sp³-hybridized carbons (Fsp3) is 0.781. The van der Waals surface area contributed by atoms with Crippen LogP contribution in [0.5, 0.6) is 0 Å². The lowest BCUT2D eigenvalue weighted by Gasteiger charge is -2.50. The van der Waals surface area contributed by atoms with Crippen LogP contribution in [0.2, 0.25) is 0 Å². The number of hydrogen-bond donors (Lipinski definition) is 1. The summed E-state index contributed by atoms with van der Waals surface area (Å²) in [5.74, 6) is -2.61. The second-order valence-corrected chi connectivity index (χ2v) is 13.6. The molecule has 4 atom stereocenters. The second kappa shape index (κ2) is 11.8. The molecule has 1 N–H and O–H groups in total. The lowest BCUT2D eigenvalue weighted by Crippen LogP contribution is -2.66. The molecule has 5 nitrogen and oxygen atoms in total. The summed E-state index contributed by atoms with van der Waals surface area (Å²) in [4.78, 5) is 20.1. The number of urea groups is 1. The number of nitrogens with one attached hydrogen (secondary N) is 1. The van der Waals surface area contributed by atoms with Crippen molar-refractivity contribution in [2.75, 3.05) is 39.3 Å². The highest BCUT2D eigenvalue weighted by molar-refractivity contribution is 5.75. The predicted octanol–water partition coefficient (Wildman–Crippen LogP) is 6.20. The van der Waals surface area contributed by atoms with Gasteiger partial charge in [0.1, 0.15) is 11.9 Å². The maximum Gasteiger partial charge on any atom is 0.317 e. The molecule has 2 aliphatic heterocycles. The summed E-state index contributed by atoms with van der Waals surface area (Å²) in [5, 5.41) is 2.86. The number of amides is 2. The molecule has 40 heavy (non-hydrogen) atoms. The molecule has 4 aliphatic rings. The third kappa shape index (κ3) is 5.90. The number of carbonyl (C=O) groups is 1. The number of rotatable bonds is 5. The normalized spacial score (nSPS) is 32.5. The van der Waals surface area contributed by atoms with Gasteiger partial charge < -0.3 is 10.2 Å². The molecule has 2 unspecified atom stereocenters. The molecule has 2 aliphatic carbocycles. The average Bonchev–Trinajstić information content (AvgIpc) is 3.44. The Bertz CT molecular complexity index is 1040. The van der Waals surface area contributed by atoms with Crippen LogP contribution in [-0.4, -0.2) is 84.0 Å². The van der Waals surface area contributed by atoms with E-state index in [1.165, 1.54) is 0 Å². The van der Waals surface area contributed by atoms with Crippen LogP contribution in [0.25, 0.3) is 0 Å². The van der Waals surface area contributed by atoms with E-state index in [1.54, 1.807) is 11.0 Å². The van der Waals surface area contributed by atoms with E-state index in [0.29, 0.717) is 44.3 Å². The quantitative estimate of drug-likeness (QED) is 0.465. The third-order valence-corrected chi connectivity index (χ3v) is 10.8. The average molecular weight is 563 g/mol. The van der Waals surface area contributed by atoms with Gasteiger partial charge in [-0.25, -0.2) is 18.0 Å². The van der Waals surface area contributed by atoms with Crippen LogP contribution >= 0.6 is 0 Å². The zero-order chi connectivity index (χ0) is 28.7. The predicted molar refractivity (Wildman–Crippen MR) is 153 cm³/mol. The molecule has 224 valence electrons. The number of hydrogen-bond acceptors (Lipinski definition) is 3. The number of benzene rings is 1. The van der Waals surface area contributed by atoms with Crippen molar-refractivity contribution in [1.82, 2.24) is 20.0 Å². The zero-order valence-corrected chi connectivity index (χ0v) is 24.9. The highest BCUT2D eigenvalue weighted by Crippen LogP contribution is 2.48. The number of carbonyl (C=O) groups excluding carboxylic acids is 1. The van der Waals surface area contributed by atoms with Gasteiger partial charge in [0.25, 0.3) is 5.92 Å². The first-order valence-electron chi connectivity index (χ1n) is 15.7. The van der Waals surface area contributed by atoms with Crippen molar-refractivity contribution >= 4 is 6.03 Å². The number of likely N-dealkylation sites (tertiary alicyclic amines) is 1. The lowest BCUT2D eigenvalue weighted by atomic mass is 9.62. The van der Waals surface area contributed by atoms with Crippen LogP contribution in [0.1, 0.15) is 83.3 Å². The number of piperidine rings is 1. The van der Waals surface area contributed by atoms with E-state index in [0.717, 1.165) is 63.0 Å². The van der Waals surface area contributed by atoms with E-state index < -0.39 is 17.4 Å². The molecule has 2 saturated carbocycles. The number of piperazine rings is 1. The van der Waals surface area contributed by atoms with Gasteiger partial charge in [0.05, 0.1) is 0 Å². The maximum atomic E-state index is 15.4. The van der Waals surface area contributed by atoms with Crippen LogP contribution in [-0.2, 0) is 5.41 Å². The van der Waals surface area contributed by atoms with Gasteiger partial charge in [0, 0.05) is 63.2 Å². The Labute approximate surface area is 238 Å². The summed E-state index contributed by atoms with van der Waals surface area (Å²) < 4.78 is 46.2. The fourth-order valence-electron chi connectivity index (χ4n) is 8.27. The molecule has 8 heteroatoms. The standard InChI is InChI=1S/C32H49F3N4O/c1-22(2)37-16-18-38(19-17-37)28-10-7-13-32(34,35)29(28)36-30(40)39-15-14-31(4,25-12-11-23(3)20-27(25)33)26(21-39)24-8-5-6-9-24/h11-12,20,22,24,26,28-29H,5-10,13-19,21H2,1-4H3,(H,36,40)/t26?,28-,29+,31?/m0/s1. The van der Waals surface area contributed by atoms with Crippen molar-refractivity contribution in [2.45, 2.75) is 109 Å². The molecule has 1 aromatic carbocycles. The van der Waals surface area contributed by atoms with Crippen molar-refractivity contribution in [2.24, 2.45) is 11.8 Å². The van der Waals surface area contributed by atoms with E-state index in [9.17, 15) is 4.79 Å². The van der Waals surface area contributed by atoms with Crippen LogP contribution in [0.4, 0.5) is 18.0 Å². The molecule has 0 aromatic heterocycles. The van der Waals surface area contributed by atoms with Crippen molar-refractivity contribution in [3.8, 4) is 0 Å². The number of halogens is 3. The maximum absolute atomic E-state index is 15.4. The Morgan fingerprint density at radius 1 is 1.00 bits per heavy atom. The summed E-state index contributed by atoms with van der Waals surface area (Å²) in [7, 11) is 0. The van der Waals surface area contributed by atoms with Crippen molar-refractivity contribution < 1.29 is 18.0 Å². The topological polar surface area (TPSA) is 38.8 Å². The van der Waals surface area contributed by atoms with Gasteiger partial charge in [0.15, 0.2) is 0 Å². The zero-order valence-electron chi connectivity index (χ0n) is 24.9. The van der Waals surface area contributed by atoms with Crippen LogP contribution in [0.15, 0.2) is 18.2 Å². The highest BCUT2D eigenvalue weighted by Gasteiger charge is 2.52. The van der Waals surface area contributed by atoms with Gasteiger partial charge in [-0.05, 0) is 69.1 Å². The van der Waals surface area contributed by atoms with Gasteiger partial charge in [-0.2, -0.15) is 0 Å². The van der Waals surface area contributed by atoms with Crippen LogP contribution in [0, 0.1) is 24.6 Å². The molecular weight excluding hydrogens is 513 g/mol. The van der Waals surface area contributed by atoms with Gasteiger partial charge in [-0.15, -0.1) is 0 Å². The van der Waals surface area contributed by atoms with Crippen LogP contribution in [0.3, 0.4) is 0 Å². The Hall–Kier alpha value is -1.80. The van der Waals surface area contributed by atoms with Crippen molar-refractivity contribution in [1.29, 1.82) is 0 Å². The molecule has 2 amide bonds. The first-order valence-corrected chi connectivity index (χ1v) is 15.7. The molecular formula is C32H49F3N4O. The van der Waals surface area contributed by atoms with E-state index >= 15 is 13.2 Å². The first-order chi connectivity index (χ1) is 19.0. The molecule has 0 spiro atoms. The summed E-state index contributed by atoms with van der Waals surface area (Å²) in [5.41, 5.74) is 1.24. The molecule has 2 saturated heterocycles. The van der Waals surface area contributed by atoms with E-state index in [-0.39, 0.29) is 30.2 Å². The van der Waals surface area contributed by atoms with E-state index in [1.807, 2.05) is 19.1 Å². The Morgan fingerprint density at radius 3 is 2.35 bits per heavy atom. The van der Waals surface area contributed by atoms with Crippen molar-refractivity contribution in [3.05, 3.63) is 35.1 Å². The molecule has 1 aromatic rings. The number of nitrogens with zero attached hydrogens (tertiary/aromatic N) is 3. The van der Waals surface area contributed by atoms with Gasteiger partial charge in [0.2, 0.25) is 0 Å². The highest BCUT2D eigenvalue weighted by atomic mass is 19.3. The Morgan fingerprint density at radius 2 is 1.70 bits per heavy atom. The molecule has 0 radical (unpaired) electrons.